The molecule has 0 radical (unpaired) electrons. The van der Waals surface area contributed by atoms with Crippen LogP contribution in [0, 0.1) is 6.92 Å². The van der Waals surface area contributed by atoms with Gasteiger partial charge in [-0.15, -0.1) is 0 Å². The summed E-state index contributed by atoms with van der Waals surface area (Å²) in [4.78, 5) is 13.2. The Morgan fingerprint density at radius 3 is 2.05 bits per heavy atom. The van der Waals surface area contributed by atoms with Gasteiger partial charge in [0.25, 0.3) is 10.1 Å². The fraction of sp³-hybridized carbons (Fsp3) is 0.250. The molecule has 0 atom stereocenters. The van der Waals surface area contributed by atoms with E-state index in [2.05, 4.69) is 0 Å². The molecule has 1 heterocycles. The normalized spacial score (nSPS) is 11.4. The molecule has 9 nitrogen and oxygen atoms in total. The van der Waals surface area contributed by atoms with Gasteiger partial charge in [0.05, 0.1) is 45.5 Å². The van der Waals surface area contributed by atoms with Crippen molar-refractivity contribution < 1.29 is 36.3 Å². The van der Waals surface area contributed by atoms with E-state index >= 15 is 0 Å². The van der Waals surface area contributed by atoms with Crippen molar-refractivity contribution in [2.24, 2.45) is 0 Å². The molecule has 0 saturated heterocycles. The molecule has 0 aliphatic rings. The second-order valence-corrected chi connectivity index (χ2v) is 10.0. The van der Waals surface area contributed by atoms with E-state index in [0.29, 0.717) is 33.7 Å². The number of fused-ring (bicyclic) bond motifs is 1. The predicted molar refractivity (Wildman–Crippen MR) is 143 cm³/mol. The van der Waals surface area contributed by atoms with Crippen LogP contribution in [0.1, 0.15) is 16.1 Å². The molecule has 10 heteroatoms. The number of benzene rings is 3. The van der Waals surface area contributed by atoms with Gasteiger partial charge in [-0.1, -0.05) is 29.8 Å². The molecule has 4 aromatic rings. The SMILES string of the molecule is COC(=O)c1c(-c2ccc(OC)cc2)c2cc(OC)c(OC)cc2n1CCOS(=O)(=O)c1ccc(C)cc1. The summed E-state index contributed by atoms with van der Waals surface area (Å²) in [5.74, 6) is 0.989. The van der Waals surface area contributed by atoms with Crippen molar-refractivity contribution in [3.05, 3.63) is 71.9 Å². The van der Waals surface area contributed by atoms with Crippen LogP contribution in [0.4, 0.5) is 0 Å². The summed E-state index contributed by atoms with van der Waals surface area (Å²) in [6, 6.07) is 17.2. The van der Waals surface area contributed by atoms with E-state index in [1.807, 2.05) is 19.1 Å². The zero-order valence-electron chi connectivity index (χ0n) is 21.8. The van der Waals surface area contributed by atoms with Crippen LogP contribution in [0.2, 0.25) is 0 Å². The Hall–Kier alpha value is -4.02. The number of rotatable bonds is 10. The first-order valence-corrected chi connectivity index (χ1v) is 13.1. The van der Waals surface area contributed by atoms with Crippen LogP contribution in [0.3, 0.4) is 0 Å². The van der Waals surface area contributed by atoms with E-state index in [-0.39, 0.29) is 23.7 Å². The molecule has 200 valence electrons. The van der Waals surface area contributed by atoms with Gasteiger partial charge in [-0.2, -0.15) is 8.42 Å². The molecule has 0 spiro atoms. The monoisotopic (exact) mass is 539 g/mol. The standard InChI is InChI=1S/C28H29NO8S/c1-18-6-12-21(13-7-18)38(31,32)37-15-14-29-23-17-25(35-4)24(34-3)16-22(23)26(27(29)28(30)36-5)19-8-10-20(33-2)11-9-19/h6-13,16-17H,14-15H2,1-5H3. The van der Waals surface area contributed by atoms with E-state index in [1.165, 1.54) is 33.5 Å². The van der Waals surface area contributed by atoms with Gasteiger partial charge in [0.2, 0.25) is 0 Å². The molecule has 38 heavy (non-hydrogen) atoms. The van der Waals surface area contributed by atoms with Crippen LogP contribution in [0.15, 0.2) is 65.6 Å². The van der Waals surface area contributed by atoms with Gasteiger partial charge in [0.1, 0.15) is 11.4 Å². The summed E-state index contributed by atoms with van der Waals surface area (Å²) in [6.07, 6.45) is 0. The third-order valence-electron chi connectivity index (χ3n) is 6.19. The van der Waals surface area contributed by atoms with E-state index in [1.54, 1.807) is 48.1 Å². The lowest BCUT2D eigenvalue weighted by molar-refractivity contribution is 0.0589. The Labute approximate surface area is 221 Å². The number of aromatic nitrogens is 1. The van der Waals surface area contributed by atoms with E-state index in [4.69, 9.17) is 23.1 Å². The van der Waals surface area contributed by atoms with E-state index in [0.717, 1.165) is 11.1 Å². The third-order valence-corrected chi connectivity index (χ3v) is 7.52. The van der Waals surface area contributed by atoms with Crippen molar-refractivity contribution in [1.82, 2.24) is 4.57 Å². The van der Waals surface area contributed by atoms with Gasteiger partial charge in [0, 0.05) is 23.6 Å². The predicted octanol–water partition coefficient (Wildman–Crippen LogP) is 4.83. The largest absolute Gasteiger partial charge is 0.497 e. The van der Waals surface area contributed by atoms with Gasteiger partial charge >= 0.3 is 5.97 Å². The van der Waals surface area contributed by atoms with E-state index < -0.39 is 16.1 Å². The minimum atomic E-state index is -4.00. The number of hydrogen-bond donors (Lipinski definition) is 0. The number of ether oxygens (including phenoxy) is 4. The topological polar surface area (TPSA) is 102 Å². The summed E-state index contributed by atoms with van der Waals surface area (Å²) >= 11 is 0. The van der Waals surface area contributed by atoms with Gasteiger partial charge in [0.15, 0.2) is 11.5 Å². The van der Waals surface area contributed by atoms with Crippen LogP contribution in [0.25, 0.3) is 22.0 Å². The van der Waals surface area contributed by atoms with Crippen molar-refractivity contribution >= 4 is 27.0 Å². The summed E-state index contributed by atoms with van der Waals surface area (Å²) in [5.41, 5.74) is 3.11. The zero-order chi connectivity index (χ0) is 27.4. The summed E-state index contributed by atoms with van der Waals surface area (Å²) in [5, 5.41) is 0.689. The van der Waals surface area contributed by atoms with Crippen molar-refractivity contribution in [3.63, 3.8) is 0 Å². The maximum atomic E-state index is 13.2. The number of methoxy groups -OCH3 is 4. The van der Waals surface area contributed by atoms with Gasteiger partial charge < -0.3 is 23.5 Å². The zero-order valence-corrected chi connectivity index (χ0v) is 22.6. The lowest BCUT2D eigenvalue weighted by Crippen LogP contribution is -2.17. The molecule has 0 aliphatic heterocycles. The van der Waals surface area contributed by atoms with Gasteiger partial charge in [-0.05, 0) is 42.8 Å². The first-order valence-electron chi connectivity index (χ1n) is 11.7. The van der Waals surface area contributed by atoms with Crippen molar-refractivity contribution in [1.29, 1.82) is 0 Å². The van der Waals surface area contributed by atoms with Crippen LogP contribution in [0.5, 0.6) is 17.2 Å². The molecule has 0 aliphatic carbocycles. The molecule has 3 aromatic carbocycles. The molecule has 1 aromatic heterocycles. The number of esters is 1. The van der Waals surface area contributed by atoms with Gasteiger partial charge in [-0.3, -0.25) is 4.18 Å². The fourth-order valence-corrected chi connectivity index (χ4v) is 5.18. The highest BCUT2D eigenvalue weighted by atomic mass is 32.2. The smallest absolute Gasteiger partial charge is 0.355 e. The fourth-order valence-electron chi connectivity index (χ4n) is 4.28. The first kappa shape index (κ1) is 27.0. The highest BCUT2D eigenvalue weighted by Gasteiger charge is 2.27. The Bertz CT molecular complexity index is 1560. The van der Waals surface area contributed by atoms with Crippen LogP contribution < -0.4 is 14.2 Å². The Kier molecular flexibility index (Phi) is 7.94. The molecule has 0 N–H and O–H groups in total. The Balaban J connectivity index is 1.85. The quantitative estimate of drug-likeness (QED) is 0.209. The minimum absolute atomic E-state index is 0.0393. The molecule has 4 rings (SSSR count). The van der Waals surface area contributed by atoms with Crippen LogP contribution in [-0.2, 0) is 25.6 Å². The number of carbonyl (C=O) groups is 1. The summed E-state index contributed by atoms with van der Waals surface area (Å²) in [6.45, 7) is 1.68. The molecular weight excluding hydrogens is 510 g/mol. The molecule has 0 amide bonds. The maximum Gasteiger partial charge on any atom is 0.355 e. The Morgan fingerprint density at radius 2 is 1.47 bits per heavy atom. The second kappa shape index (κ2) is 11.2. The number of nitrogens with zero attached hydrogens (tertiary/aromatic N) is 1. The number of carbonyl (C=O) groups excluding carboxylic acids is 1. The highest BCUT2D eigenvalue weighted by Crippen LogP contribution is 2.41. The van der Waals surface area contributed by atoms with Crippen LogP contribution >= 0.6 is 0 Å². The lowest BCUT2D eigenvalue weighted by atomic mass is 10.0. The highest BCUT2D eigenvalue weighted by molar-refractivity contribution is 7.86. The first-order chi connectivity index (χ1) is 18.2. The minimum Gasteiger partial charge on any atom is -0.497 e. The number of aryl methyl sites for hydroxylation is 1. The molecule has 0 bridgehead atoms. The second-order valence-electron chi connectivity index (χ2n) is 8.41. The van der Waals surface area contributed by atoms with Crippen molar-refractivity contribution in [2.75, 3.05) is 35.0 Å². The molecule has 0 fully saturated rings. The average molecular weight is 540 g/mol. The van der Waals surface area contributed by atoms with Gasteiger partial charge in [-0.25, -0.2) is 4.79 Å². The lowest BCUT2D eigenvalue weighted by Gasteiger charge is -2.12. The summed E-state index contributed by atoms with van der Waals surface area (Å²) < 4.78 is 54.0. The maximum absolute atomic E-state index is 13.2. The third kappa shape index (κ3) is 5.18. The molecule has 0 saturated carbocycles. The summed E-state index contributed by atoms with van der Waals surface area (Å²) in [7, 11) is 1.90. The van der Waals surface area contributed by atoms with Crippen molar-refractivity contribution in [2.45, 2.75) is 18.4 Å². The van der Waals surface area contributed by atoms with Crippen LogP contribution in [-0.4, -0.2) is 54.0 Å². The van der Waals surface area contributed by atoms with E-state index in [9.17, 15) is 13.2 Å². The Morgan fingerprint density at radius 1 is 0.842 bits per heavy atom. The molecule has 0 unspecified atom stereocenters. The molecular formula is C28H29NO8S. The average Bonchev–Trinajstić information content (AvgIpc) is 3.24. The number of hydrogen-bond acceptors (Lipinski definition) is 8. The van der Waals surface area contributed by atoms with Crippen molar-refractivity contribution in [3.8, 4) is 28.4 Å².